The summed E-state index contributed by atoms with van der Waals surface area (Å²) < 4.78 is 6.67. The van der Waals surface area contributed by atoms with E-state index < -0.39 is 5.60 Å². The van der Waals surface area contributed by atoms with Gasteiger partial charge in [-0.1, -0.05) is 24.3 Å². The summed E-state index contributed by atoms with van der Waals surface area (Å²) in [4.78, 5) is 34.6. The predicted octanol–water partition coefficient (Wildman–Crippen LogP) is 5.45. The van der Waals surface area contributed by atoms with Gasteiger partial charge in [0.1, 0.15) is 5.60 Å². The normalized spacial score (nSPS) is 23.5. The van der Waals surface area contributed by atoms with Crippen LogP contribution in [-0.2, 0) is 9.53 Å². The van der Waals surface area contributed by atoms with Crippen LogP contribution in [0, 0.1) is 11.8 Å². The highest BCUT2D eigenvalue weighted by Gasteiger charge is 2.37. The fourth-order valence-corrected chi connectivity index (χ4v) is 6.01. The molecular weight excluding hydrogens is 434 g/mol. The highest BCUT2D eigenvalue weighted by Crippen LogP contribution is 2.39. The molecular formula is C26H35N3O3S. The smallest absolute Gasteiger partial charge is 0.410 e. The van der Waals surface area contributed by atoms with E-state index in [2.05, 4.69) is 18.2 Å². The molecule has 1 aromatic heterocycles. The maximum absolute atomic E-state index is 13.7. The van der Waals surface area contributed by atoms with Crippen molar-refractivity contribution in [3.05, 3.63) is 41.4 Å². The SMILES string of the molecule is CN(CC1CCCN(C(=O)C2CC=CCC2c2nc3ccccc3s2)C1)C(=O)OC(C)(C)C. The molecule has 1 aromatic carbocycles. The van der Waals surface area contributed by atoms with Crippen molar-refractivity contribution in [1.29, 1.82) is 0 Å². The van der Waals surface area contributed by atoms with E-state index in [0.717, 1.165) is 42.8 Å². The summed E-state index contributed by atoms with van der Waals surface area (Å²) in [5.41, 5.74) is 0.505. The molecule has 7 heteroatoms. The monoisotopic (exact) mass is 469 g/mol. The molecule has 33 heavy (non-hydrogen) atoms. The van der Waals surface area contributed by atoms with E-state index in [1.807, 2.05) is 43.9 Å². The van der Waals surface area contributed by atoms with Crippen LogP contribution in [0.25, 0.3) is 10.2 Å². The lowest BCUT2D eigenvalue weighted by molar-refractivity contribution is -0.138. The Labute approximate surface area is 200 Å². The fraction of sp³-hybridized carbons (Fsp3) is 0.577. The molecule has 3 atom stereocenters. The van der Waals surface area contributed by atoms with Crippen LogP contribution < -0.4 is 0 Å². The number of allylic oxidation sites excluding steroid dienone is 2. The molecule has 1 aliphatic carbocycles. The van der Waals surface area contributed by atoms with Gasteiger partial charge in [-0.05, 0) is 64.5 Å². The molecule has 2 aromatic rings. The van der Waals surface area contributed by atoms with E-state index in [1.165, 1.54) is 4.70 Å². The molecule has 0 bridgehead atoms. The number of benzene rings is 1. The van der Waals surface area contributed by atoms with Gasteiger partial charge in [0.15, 0.2) is 0 Å². The van der Waals surface area contributed by atoms with Crippen molar-refractivity contribution >= 4 is 33.6 Å². The van der Waals surface area contributed by atoms with Crippen molar-refractivity contribution < 1.29 is 14.3 Å². The molecule has 0 N–H and O–H groups in total. The Kier molecular flexibility index (Phi) is 7.07. The molecule has 178 valence electrons. The zero-order valence-electron chi connectivity index (χ0n) is 20.1. The van der Waals surface area contributed by atoms with Gasteiger partial charge in [0, 0.05) is 32.6 Å². The average molecular weight is 470 g/mol. The van der Waals surface area contributed by atoms with Gasteiger partial charge in [-0.3, -0.25) is 4.79 Å². The van der Waals surface area contributed by atoms with Crippen LogP contribution in [0.15, 0.2) is 36.4 Å². The van der Waals surface area contributed by atoms with E-state index in [-0.39, 0.29) is 29.8 Å². The third-order valence-electron chi connectivity index (χ3n) is 6.45. The molecule has 2 heterocycles. The lowest BCUT2D eigenvalue weighted by atomic mass is 9.81. The number of thiazole rings is 1. The Hall–Kier alpha value is -2.41. The molecule has 2 amide bonds. The van der Waals surface area contributed by atoms with Crippen LogP contribution in [0.3, 0.4) is 0 Å². The van der Waals surface area contributed by atoms with Crippen molar-refractivity contribution in [3.63, 3.8) is 0 Å². The highest BCUT2D eigenvalue weighted by molar-refractivity contribution is 7.18. The number of aromatic nitrogens is 1. The lowest BCUT2D eigenvalue weighted by Crippen LogP contribution is -2.47. The first-order chi connectivity index (χ1) is 15.7. The molecule has 1 aliphatic heterocycles. The summed E-state index contributed by atoms with van der Waals surface area (Å²) in [5, 5.41) is 1.07. The number of carbonyl (C=O) groups excluding carboxylic acids is 2. The number of likely N-dealkylation sites (tertiary alicyclic amines) is 1. The molecule has 0 saturated carbocycles. The van der Waals surface area contributed by atoms with Gasteiger partial charge >= 0.3 is 6.09 Å². The number of para-hydroxylation sites is 1. The summed E-state index contributed by atoms with van der Waals surface area (Å²) in [6, 6.07) is 8.19. The zero-order valence-corrected chi connectivity index (χ0v) is 20.9. The van der Waals surface area contributed by atoms with Gasteiger partial charge < -0.3 is 14.5 Å². The Morgan fingerprint density at radius 3 is 2.73 bits per heavy atom. The van der Waals surface area contributed by atoms with E-state index >= 15 is 0 Å². The minimum Gasteiger partial charge on any atom is -0.444 e. The van der Waals surface area contributed by atoms with Crippen molar-refractivity contribution in [2.45, 2.75) is 58.0 Å². The van der Waals surface area contributed by atoms with Crippen molar-refractivity contribution in [2.75, 3.05) is 26.7 Å². The quantitative estimate of drug-likeness (QED) is 0.559. The minimum atomic E-state index is -0.510. The van der Waals surface area contributed by atoms with E-state index in [9.17, 15) is 9.59 Å². The number of nitrogens with zero attached hydrogens (tertiary/aromatic N) is 3. The van der Waals surface area contributed by atoms with E-state index in [0.29, 0.717) is 13.1 Å². The number of fused-ring (bicyclic) bond motifs is 1. The Bertz CT molecular complexity index is 992. The Morgan fingerprint density at radius 2 is 1.97 bits per heavy atom. The van der Waals surface area contributed by atoms with Crippen LogP contribution in [0.1, 0.15) is 57.4 Å². The third kappa shape index (κ3) is 5.75. The molecule has 1 fully saturated rings. The van der Waals surface area contributed by atoms with Crippen LogP contribution >= 0.6 is 11.3 Å². The summed E-state index contributed by atoms with van der Waals surface area (Å²) in [7, 11) is 1.78. The molecule has 2 aliphatic rings. The molecule has 0 spiro atoms. The van der Waals surface area contributed by atoms with Gasteiger partial charge in [0.05, 0.1) is 21.1 Å². The zero-order chi connectivity index (χ0) is 23.6. The molecule has 4 rings (SSSR count). The van der Waals surface area contributed by atoms with Crippen molar-refractivity contribution in [3.8, 4) is 0 Å². The number of ether oxygens (including phenoxy) is 1. The number of rotatable bonds is 4. The third-order valence-corrected chi connectivity index (χ3v) is 7.61. The van der Waals surface area contributed by atoms with Gasteiger partial charge in [-0.25, -0.2) is 9.78 Å². The lowest BCUT2D eigenvalue weighted by Gasteiger charge is -2.38. The van der Waals surface area contributed by atoms with E-state index in [4.69, 9.17) is 9.72 Å². The van der Waals surface area contributed by atoms with Crippen molar-refractivity contribution in [2.24, 2.45) is 11.8 Å². The maximum Gasteiger partial charge on any atom is 0.410 e. The predicted molar refractivity (Wildman–Crippen MR) is 132 cm³/mol. The van der Waals surface area contributed by atoms with Gasteiger partial charge in [-0.2, -0.15) is 0 Å². The van der Waals surface area contributed by atoms with Crippen LogP contribution in [0.2, 0.25) is 0 Å². The standard InChI is InChI=1S/C26H35N3O3S/c1-26(2,3)32-25(31)28(4)16-18-10-9-15-29(17-18)24(30)20-12-6-5-11-19(20)23-27-21-13-7-8-14-22(21)33-23/h5-8,13-14,18-20H,9-12,15-17H2,1-4H3. The first-order valence-corrected chi connectivity index (χ1v) is 12.8. The van der Waals surface area contributed by atoms with Crippen LogP contribution in [0.5, 0.6) is 0 Å². The second kappa shape index (κ2) is 9.84. The molecule has 0 radical (unpaired) electrons. The van der Waals surface area contributed by atoms with Gasteiger partial charge in [0.2, 0.25) is 5.91 Å². The molecule has 3 unspecified atom stereocenters. The summed E-state index contributed by atoms with van der Waals surface area (Å²) in [5.74, 6) is 0.552. The van der Waals surface area contributed by atoms with Gasteiger partial charge in [0.25, 0.3) is 0 Å². The van der Waals surface area contributed by atoms with Crippen molar-refractivity contribution in [1.82, 2.24) is 14.8 Å². The average Bonchev–Trinajstić information content (AvgIpc) is 3.22. The molecule has 6 nitrogen and oxygen atoms in total. The second-order valence-corrected chi connectivity index (χ2v) is 11.4. The Balaban J connectivity index is 1.42. The Morgan fingerprint density at radius 1 is 1.21 bits per heavy atom. The topological polar surface area (TPSA) is 62.7 Å². The van der Waals surface area contributed by atoms with E-state index in [1.54, 1.807) is 23.3 Å². The first-order valence-electron chi connectivity index (χ1n) is 11.9. The summed E-state index contributed by atoms with van der Waals surface area (Å²) >= 11 is 1.71. The second-order valence-electron chi connectivity index (χ2n) is 10.3. The molecule has 1 saturated heterocycles. The number of piperidine rings is 1. The van der Waals surface area contributed by atoms with Gasteiger partial charge in [-0.15, -0.1) is 11.3 Å². The largest absolute Gasteiger partial charge is 0.444 e. The fourth-order valence-electron chi connectivity index (χ4n) is 4.86. The summed E-state index contributed by atoms with van der Waals surface area (Å²) in [6.45, 7) is 7.71. The number of hydrogen-bond acceptors (Lipinski definition) is 5. The number of amides is 2. The minimum absolute atomic E-state index is 0.0714. The van der Waals surface area contributed by atoms with Crippen LogP contribution in [-0.4, -0.2) is 59.1 Å². The summed E-state index contributed by atoms with van der Waals surface area (Å²) in [6.07, 6.45) is 7.63. The number of hydrogen-bond donors (Lipinski definition) is 0. The maximum atomic E-state index is 13.7. The highest BCUT2D eigenvalue weighted by atomic mass is 32.1. The number of carbonyl (C=O) groups is 2. The first kappa shape index (κ1) is 23.7. The van der Waals surface area contributed by atoms with Crippen LogP contribution in [0.4, 0.5) is 4.79 Å².